The number of nitrogens with zero attached hydrogens (tertiary/aromatic N) is 2. The molecule has 4 rings (SSSR count). The van der Waals surface area contributed by atoms with Crippen LogP contribution in [0.25, 0.3) is 0 Å². The number of para-hydroxylation sites is 2. The molecule has 0 aliphatic carbocycles. The normalized spacial score (nSPS) is 18.7. The van der Waals surface area contributed by atoms with E-state index in [0.717, 1.165) is 11.4 Å². The smallest absolute Gasteiger partial charge is 0.408 e. The molecule has 0 radical (unpaired) electrons. The van der Waals surface area contributed by atoms with Crippen molar-refractivity contribution in [1.29, 1.82) is 0 Å². The van der Waals surface area contributed by atoms with Crippen molar-refractivity contribution >= 4 is 58.1 Å². The quantitative estimate of drug-likeness (QED) is 0.408. The van der Waals surface area contributed by atoms with E-state index in [2.05, 4.69) is 20.9 Å². The third-order valence-corrected chi connectivity index (χ3v) is 8.25. The number of nitrogens with one attached hydrogen (secondary N) is 3. The maximum absolute atomic E-state index is 13.3. The highest BCUT2D eigenvalue weighted by Crippen LogP contribution is 2.35. The van der Waals surface area contributed by atoms with E-state index in [1.54, 1.807) is 32.1 Å². The summed E-state index contributed by atoms with van der Waals surface area (Å²) in [6.45, 7) is 6.22. The van der Waals surface area contributed by atoms with Crippen molar-refractivity contribution in [2.45, 2.75) is 50.3 Å². The van der Waals surface area contributed by atoms with Gasteiger partial charge in [-0.1, -0.05) is 23.9 Å². The van der Waals surface area contributed by atoms with Crippen molar-refractivity contribution in [3.63, 3.8) is 0 Å². The highest BCUT2D eigenvalue weighted by molar-refractivity contribution is 8.03. The molecule has 1 atom stereocenters. The van der Waals surface area contributed by atoms with E-state index in [4.69, 9.17) is 9.47 Å². The summed E-state index contributed by atoms with van der Waals surface area (Å²) in [5.41, 5.74) is 1.11. The number of methoxy groups -OCH3 is 1. The molecule has 2 aliphatic heterocycles. The molecule has 0 bridgehead atoms. The fourth-order valence-electron chi connectivity index (χ4n) is 4.51. The summed E-state index contributed by atoms with van der Waals surface area (Å²) < 4.78 is 10.4. The fourth-order valence-corrected chi connectivity index (χ4v) is 6.14. The van der Waals surface area contributed by atoms with Crippen LogP contribution in [0.15, 0.2) is 52.2 Å². The van der Waals surface area contributed by atoms with Gasteiger partial charge in [-0.25, -0.2) is 9.59 Å². The van der Waals surface area contributed by atoms with Crippen LogP contribution >= 0.6 is 23.1 Å². The Balaban J connectivity index is 1.42. The Hall–Kier alpha value is -3.38. The number of ether oxygens (including phenoxy) is 2. The molecule has 10 nitrogen and oxygen atoms in total. The number of hydrogen-bond acceptors (Lipinski definition) is 10. The van der Waals surface area contributed by atoms with E-state index in [-0.39, 0.29) is 11.4 Å². The number of anilines is 3. The number of esters is 1. The fraction of sp³-hybridized carbons (Fsp3) is 0.444. The molecule has 2 aromatic rings. The predicted molar refractivity (Wildman–Crippen MR) is 156 cm³/mol. The lowest BCUT2D eigenvalue weighted by molar-refractivity contribution is -0.149. The highest BCUT2D eigenvalue weighted by Gasteiger charge is 2.45. The standard InChI is InChI=1S/C27H35N5O5S2/c1-26(2,3)37-25(35)30-27(23(34)36-5)11-13-32(14-12-27)20-9-7-6-8-19(20)29-22(33)21-17-39-24(31(21)4)28-18-10-15-38-16-18/h6-10,15-17,24,28H,11-14H2,1-5H3,(H,29,33)(H,30,35). The summed E-state index contributed by atoms with van der Waals surface area (Å²) >= 11 is 3.15. The van der Waals surface area contributed by atoms with E-state index in [1.807, 2.05) is 58.4 Å². The van der Waals surface area contributed by atoms with Gasteiger partial charge < -0.3 is 35.2 Å². The van der Waals surface area contributed by atoms with Gasteiger partial charge in [-0.05, 0) is 57.2 Å². The number of benzene rings is 1. The molecular weight excluding hydrogens is 538 g/mol. The van der Waals surface area contributed by atoms with Gasteiger partial charge in [0.1, 0.15) is 16.8 Å². The second kappa shape index (κ2) is 11.8. The Morgan fingerprint density at radius 3 is 2.46 bits per heavy atom. The largest absolute Gasteiger partial charge is 0.467 e. The van der Waals surface area contributed by atoms with Gasteiger partial charge in [0, 0.05) is 36.6 Å². The molecule has 0 spiro atoms. The van der Waals surface area contributed by atoms with Gasteiger partial charge in [-0.3, -0.25) is 4.79 Å². The maximum Gasteiger partial charge on any atom is 0.408 e. The topological polar surface area (TPSA) is 112 Å². The second-order valence-corrected chi connectivity index (χ2v) is 12.2. The first-order chi connectivity index (χ1) is 18.5. The van der Waals surface area contributed by atoms with Crippen molar-refractivity contribution in [3.05, 3.63) is 52.2 Å². The van der Waals surface area contributed by atoms with Crippen molar-refractivity contribution in [1.82, 2.24) is 10.2 Å². The van der Waals surface area contributed by atoms with Crippen LogP contribution in [0.4, 0.5) is 21.9 Å². The number of carbonyl (C=O) groups excluding carboxylic acids is 3. The molecule has 1 unspecified atom stereocenters. The number of rotatable bonds is 7. The number of piperidine rings is 1. The molecular formula is C27H35N5O5S2. The summed E-state index contributed by atoms with van der Waals surface area (Å²) in [7, 11) is 3.20. The summed E-state index contributed by atoms with van der Waals surface area (Å²) in [6, 6.07) is 9.57. The molecule has 2 aliphatic rings. The monoisotopic (exact) mass is 573 g/mol. The number of thiophene rings is 1. The third kappa shape index (κ3) is 6.80. The van der Waals surface area contributed by atoms with Crippen LogP contribution in [0.1, 0.15) is 33.6 Å². The van der Waals surface area contributed by atoms with Crippen LogP contribution in [-0.2, 0) is 19.1 Å². The van der Waals surface area contributed by atoms with E-state index in [0.29, 0.717) is 37.3 Å². The lowest BCUT2D eigenvalue weighted by Gasteiger charge is -2.41. The predicted octanol–water partition coefficient (Wildman–Crippen LogP) is 4.64. The molecule has 1 fully saturated rings. The van der Waals surface area contributed by atoms with Gasteiger partial charge in [0.15, 0.2) is 5.50 Å². The molecule has 12 heteroatoms. The zero-order valence-electron chi connectivity index (χ0n) is 22.8. The van der Waals surface area contributed by atoms with Crippen LogP contribution < -0.4 is 20.9 Å². The molecule has 210 valence electrons. The number of hydrogen-bond donors (Lipinski definition) is 3. The average Bonchev–Trinajstić information content (AvgIpc) is 3.53. The van der Waals surface area contributed by atoms with Crippen molar-refractivity contribution in [2.24, 2.45) is 0 Å². The number of carbonyl (C=O) groups is 3. The Kier molecular flexibility index (Phi) is 8.65. The first-order valence-corrected chi connectivity index (χ1v) is 14.5. The average molecular weight is 574 g/mol. The van der Waals surface area contributed by atoms with Gasteiger partial charge >= 0.3 is 12.1 Å². The summed E-state index contributed by atoms with van der Waals surface area (Å²) in [5, 5.41) is 15.1. The zero-order chi connectivity index (χ0) is 28.2. The molecule has 1 saturated heterocycles. The van der Waals surface area contributed by atoms with E-state index in [9.17, 15) is 14.4 Å². The number of alkyl carbamates (subject to hydrolysis) is 1. The lowest BCUT2D eigenvalue weighted by atomic mass is 9.87. The van der Waals surface area contributed by atoms with Gasteiger partial charge in [-0.2, -0.15) is 11.3 Å². The van der Waals surface area contributed by atoms with Crippen LogP contribution in [-0.4, -0.2) is 66.8 Å². The number of thioether (sulfide) groups is 1. The first kappa shape index (κ1) is 28.6. The van der Waals surface area contributed by atoms with E-state index < -0.39 is 23.2 Å². The Bertz CT molecular complexity index is 1220. The lowest BCUT2D eigenvalue weighted by Crippen LogP contribution is -2.61. The van der Waals surface area contributed by atoms with Crippen LogP contribution in [0.3, 0.4) is 0 Å². The Labute approximate surface area is 237 Å². The Morgan fingerprint density at radius 1 is 1.10 bits per heavy atom. The summed E-state index contributed by atoms with van der Waals surface area (Å²) in [5.74, 6) is -0.714. The van der Waals surface area contributed by atoms with E-state index >= 15 is 0 Å². The second-order valence-electron chi connectivity index (χ2n) is 10.4. The molecule has 1 aromatic carbocycles. The molecule has 1 aromatic heterocycles. The molecule has 3 heterocycles. The van der Waals surface area contributed by atoms with Crippen molar-refractivity contribution in [2.75, 3.05) is 42.8 Å². The molecule has 2 amide bonds. The first-order valence-electron chi connectivity index (χ1n) is 12.6. The van der Waals surface area contributed by atoms with Crippen molar-refractivity contribution < 1.29 is 23.9 Å². The van der Waals surface area contributed by atoms with E-state index in [1.165, 1.54) is 18.9 Å². The van der Waals surface area contributed by atoms with Crippen LogP contribution in [0.5, 0.6) is 0 Å². The van der Waals surface area contributed by atoms with Crippen molar-refractivity contribution in [3.8, 4) is 0 Å². The Morgan fingerprint density at radius 2 is 1.82 bits per heavy atom. The van der Waals surface area contributed by atoms with Gasteiger partial charge in [0.05, 0.1) is 18.5 Å². The molecule has 39 heavy (non-hydrogen) atoms. The maximum atomic E-state index is 13.3. The zero-order valence-corrected chi connectivity index (χ0v) is 24.4. The minimum absolute atomic E-state index is 0.0818. The molecule has 3 N–H and O–H groups in total. The van der Waals surface area contributed by atoms with Gasteiger partial charge in [0.25, 0.3) is 5.91 Å². The van der Waals surface area contributed by atoms with Crippen LogP contribution in [0.2, 0.25) is 0 Å². The number of amides is 2. The summed E-state index contributed by atoms with van der Waals surface area (Å²) in [4.78, 5) is 42.6. The minimum Gasteiger partial charge on any atom is -0.467 e. The van der Waals surface area contributed by atoms with Gasteiger partial charge in [0.2, 0.25) is 0 Å². The van der Waals surface area contributed by atoms with Crippen LogP contribution in [0, 0.1) is 0 Å². The summed E-state index contributed by atoms with van der Waals surface area (Å²) in [6.07, 6.45) is -0.0174. The SMILES string of the molecule is COC(=O)C1(NC(=O)OC(C)(C)C)CCN(c2ccccc2NC(=O)C2=CSC(Nc3ccsc3)N2C)CC1. The van der Waals surface area contributed by atoms with Gasteiger partial charge in [-0.15, -0.1) is 0 Å². The molecule has 0 saturated carbocycles. The third-order valence-electron chi connectivity index (χ3n) is 6.51. The highest BCUT2D eigenvalue weighted by atomic mass is 32.2. The number of likely N-dealkylation sites (N-methyl/N-ethyl adjacent to an activating group) is 1. The minimum atomic E-state index is -1.19.